The Labute approximate surface area is 508 Å². The van der Waals surface area contributed by atoms with Crippen molar-refractivity contribution in [1.82, 2.24) is 41.5 Å². The van der Waals surface area contributed by atoms with Gasteiger partial charge in [-0.3, -0.25) is 57.4 Å². The molecule has 6 aromatic rings. The molecule has 0 saturated heterocycles. The van der Waals surface area contributed by atoms with Gasteiger partial charge in [0, 0.05) is 59.9 Å². The Balaban J connectivity index is 1.39. The van der Waals surface area contributed by atoms with E-state index in [2.05, 4.69) is 40.7 Å². The first-order valence-corrected chi connectivity index (χ1v) is 31.3. The summed E-state index contributed by atoms with van der Waals surface area (Å²) in [6.07, 6.45) is 2.59. The topological polar surface area (TPSA) is 422 Å². The molecule has 0 aliphatic heterocycles. The van der Waals surface area contributed by atoms with Crippen LogP contribution in [0.1, 0.15) is 54.4 Å². The molecule has 0 bridgehead atoms. The number of carboxylic acid groups (broad SMARTS) is 2. The molecule has 0 radical (unpaired) electrons. The number of carbonyl (C=O) groups is 10. The lowest BCUT2D eigenvalue weighted by Crippen LogP contribution is -2.62. The smallest absolute Gasteiger partial charge is 0.446 e. The highest BCUT2D eigenvalue weighted by Gasteiger charge is 2.42. The summed E-state index contributed by atoms with van der Waals surface area (Å²) in [6, 6.07) is 16.3. The fourth-order valence-electron chi connectivity index (χ4n) is 9.46. The molecule has 2 aromatic heterocycles. The quantitative estimate of drug-likeness (QED) is 0.0257. The summed E-state index contributed by atoms with van der Waals surface area (Å²) in [6.45, 7) is 0. The van der Waals surface area contributed by atoms with E-state index in [9.17, 15) is 57.0 Å². The lowest BCUT2D eigenvalue weighted by molar-refractivity contribution is -0.155. The Morgan fingerprint density at radius 3 is 1.57 bits per heavy atom. The van der Waals surface area contributed by atoms with Gasteiger partial charge in [0.15, 0.2) is 0 Å². The van der Waals surface area contributed by atoms with Gasteiger partial charge in [0.05, 0.1) is 18.9 Å². The summed E-state index contributed by atoms with van der Waals surface area (Å²) in [7, 11) is -4.82. The number of hydrogen-bond donors (Lipinski definition) is 12. The van der Waals surface area contributed by atoms with E-state index in [1.807, 2.05) is 0 Å². The zero-order chi connectivity index (χ0) is 63.4. The lowest BCUT2D eigenvalue weighted by Gasteiger charge is -2.34. The van der Waals surface area contributed by atoms with Crippen LogP contribution in [0.25, 0.3) is 21.8 Å². The highest BCUT2D eigenvalue weighted by atomic mass is 32.3. The van der Waals surface area contributed by atoms with E-state index in [1.165, 1.54) is 54.0 Å². The number of nitrogens with zero attached hydrogens (tertiary/aromatic N) is 1. The van der Waals surface area contributed by atoms with Crippen molar-refractivity contribution in [3.05, 3.63) is 138 Å². The number of H-pyrrole nitrogens is 2. The zero-order valence-electron chi connectivity index (χ0n) is 47.3. The minimum atomic E-state index is -4.82. The molecule has 7 atom stereocenters. The molecular formula is C58H68N10O16S3. The number of primary amides is 1. The minimum Gasteiger partial charge on any atom is -0.481 e. The van der Waals surface area contributed by atoms with Gasteiger partial charge >= 0.3 is 22.3 Å². The predicted molar refractivity (Wildman–Crippen MR) is 324 cm³/mol. The number of aromatic amines is 2. The fraction of sp³-hybridized carbons (Fsp3) is 0.345. The van der Waals surface area contributed by atoms with E-state index in [0.29, 0.717) is 49.0 Å². The van der Waals surface area contributed by atoms with Crippen molar-refractivity contribution in [2.24, 2.45) is 11.5 Å². The Bertz CT molecular complexity index is 3550. The molecule has 4 aromatic carbocycles. The number of para-hydroxylation sites is 2. The van der Waals surface area contributed by atoms with Gasteiger partial charge in [-0.25, -0.2) is 0 Å². The number of carbonyl (C=O) groups excluding carboxylic acids is 8. The van der Waals surface area contributed by atoms with Crippen LogP contribution >= 0.6 is 23.5 Å². The molecule has 0 fully saturated rings. The highest BCUT2D eigenvalue weighted by molar-refractivity contribution is 7.98. The van der Waals surface area contributed by atoms with Gasteiger partial charge in [-0.15, -0.1) is 0 Å². The van der Waals surface area contributed by atoms with Crippen LogP contribution in [0.4, 0.5) is 0 Å². The van der Waals surface area contributed by atoms with Crippen LogP contribution in [-0.2, 0) is 84.0 Å². The molecule has 29 heteroatoms. The number of nitrogens with two attached hydrogens (primary N) is 2. The average Bonchev–Trinajstić information content (AvgIpc) is 2.82. The first-order chi connectivity index (χ1) is 41.4. The maximum atomic E-state index is 15.9. The van der Waals surface area contributed by atoms with E-state index >= 15 is 9.59 Å². The third kappa shape index (κ3) is 20.2. The Hall–Kier alpha value is -8.77. The van der Waals surface area contributed by atoms with Gasteiger partial charge < -0.3 is 62.4 Å². The molecular weight excluding hydrogens is 1190 g/mol. The van der Waals surface area contributed by atoms with E-state index in [-0.39, 0.29) is 49.4 Å². The van der Waals surface area contributed by atoms with Crippen molar-refractivity contribution in [2.45, 2.75) is 100 Å². The standard InChI is InChI=1S/C58H68N10O16S3/c1-85-24-22-43(63-53(75)40(59)26-34-16-18-37(19-17-34)84-87(81,82)83)55(77)67-47(28-35-31-61-41-14-8-6-12-38(35)41)58(80)68(49(69)20-21-50(70)71)48(29-36-32-62-42-15-9-7-13-39(36)42)57(79)64-44(23-25-86-2)54(76)66-46(30-51(72)73)56(78)65-45(52(60)74)27-33-10-4-3-5-11-33/h3-19,31-32,40,43-48,61-62H,20-30,59H2,1-2H3,(H2,60,74)(H,63,75)(H,64,79)(H,65,78)(H,66,76)(H,67,77)(H,70,71)(H,72,73)(H,81,82,83)/t40-,43-,44-,45-,46-,47+,48-/m0/s1. The van der Waals surface area contributed by atoms with E-state index in [0.717, 1.165) is 0 Å². The normalized spacial score (nSPS) is 13.8. The maximum Gasteiger partial charge on any atom is 0.446 e. The zero-order valence-corrected chi connectivity index (χ0v) is 49.7. The minimum absolute atomic E-state index is 0.0259. The molecule has 0 unspecified atom stereocenters. The number of amides is 8. The third-order valence-corrected chi connectivity index (χ3v) is 15.5. The lowest BCUT2D eigenvalue weighted by atomic mass is 9.98. The van der Waals surface area contributed by atoms with Crippen LogP contribution < -0.4 is 42.2 Å². The van der Waals surface area contributed by atoms with Crippen LogP contribution in [0.15, 0.2) is 116 Å². The number of carboxylic acids is 2. The van der Waals surface area contributed by atoms with Gasteiger partial charge in [0.25, 0.3) is 5.91 Å². The summed E-state index contributed by atoms with van der Waals surface area (Å²) in [5, 5.41) is 33.7. The number of thioether (sulfide) groups is 2. The Kier molecular flexibility index (Phi) is 24.9. The first-order valence-electron chi connectivity index (χ1n) is 27.2. The van der Waals surface area contributed by atoms with Crippen molar-refractivity contribution in [1.29, 1.82) is 0 Å². The molecule has 0 saturated carbocycles. The van der Waals surface area contributed by atoms with Crippen molar-refractivity contribution in [3.8, 4) is 5.75 Å². The Morgan fingerprint density at radius 2 is 1.05 bits per heavy atom. The second-order valence-corrected chi connectivity index (χ2v) is 23.2. The SMILES string of the molecule is CSCC[C@H](NC(=O)[C@@H](N)Cc1ccc(OS(=O)(=O)O)cc1)C(=O)N[C@H](Cc1c[nH]c2ccccc12)C(=O)N(C(=O)CCC(=O)O)[C@@H](Cc1c[nH]c2ccccc12)C(=O)N[C@@H](CCSC)C(=O)N[C@@H](CC(=O)O)C(=O)N[C@@H](Cc1ccccc1)C(N)=O. The molecule has 0 aliphatic rings. The van der Waals surface area contributed by atoms with Crippen molar-refractivity contribution in [3.63, 3.8) is 0 Å². The molecule has 0 aliphatic carbocycles. The van der Waals surface area contributed by atoms with Crippen LogP contribution in [0.2, 0.25) is 0 Å². The van der Waals surface area contributed by atoms with Crippen LogP contribution in [0.3, 0.4) is 0 Å². The van der Waals surface area contributed by atoms with E-state index in [1.54, 1.807) is 97.6 Å². The monoisotopic (exact) mass is 1260 g/mol. The van der Waals surface area contributed by atoms with E-state index < -0.39 is 138 Å². The molecule has 2 heterocycles. The van der Waals surface area contributed by atoms with Gasteiger partial charge in [0.1, 0.15) is 42.0 Å². The first kappa shape index (κ1) is 67.4. The molecule has 26 nitrogen and oxygen atoms in total. The number of aliphatic carboxylic acids is 2. The summed E-state index contributed by atoms with van der Waals surface area (Å²) in [5.74, 6) is -11.2. The average molecular weight is 1260 g/mol. The van der Waals surface area contributed by atoms with Gasteiger partial charge in [0.2, 0.25) is 41.4 Å². The van der Waals surface area contributed by atoms with Crippen molar-refractivity contribution in [2.75, 3.05) is 24.0 Å². The number of aromatic nitrogens is 2. The Morgan fingerprint density at radius 1 is 0.563 bits per heavy atom. The summed E-state index contributed by atoms with van der Waals surface area (Å²) >= 11 is 2.57. The molecule has 14 N–H and O–H groups in total. The number of rotatable bonds is 34. The third-order valence-electron chi connectivity index (χ3n) is 13.8. The molecule has 87 heavy (non-hydrogen) atoms. The predicted octanol–water partition coefficient (Wildman–Crippen LogP) is 1.91. The highest BCUT2D eigenvalue weighted by Crippen LogP contribution is 2.25. The fourth-order valence-corrected chi connectivity index (χ4v) is 10.8. The van der Waals surface area contributed by atoms with E-state index in [4.69, 9.17) is 16.0 Å². The number of fused-ring (bicyclic) bond motifs is 2. The molecule has 464 valence electrons. The molecule has 0 spiro atoms. The number of nitrogens with one attached hydrogen (secondary N) is 7. The number of hydrogen-bond acceptors (Lipinski definition) is 16. The second-order valence-electron chi connectivity index (χ2n) is 20.2. The summed E-state index contributed by atoms with van der Waals surface area (Å²) in [4.78, 5) is 147. The summed E-state index contributed by atoms with van der Waals surface area (Å²) in [5.41, 5.74) is 15.0. The summed E-state index contributed by atoms with van der Waals surface area (Å²) < 4.78 is 35.9. The van der Waals surface area contributed by atoms with Crippen molar-refractivity contribution < 1.29 is 75.3 Å². The van der Waals surface area contributed by atoms with Crippen LogP contribution in [0.5, 0.6) is 5.75 Å². The van der Waals surface area contributed by atoms with Gasteiger partial charge in [-0.2, -0.15) is 31.9 Å². The van der Waals surface area contributed by atoms with Gasteiger partial charge in [-0.05, 0) is 89.8 Å². The maximum absolute atomic E-state index is 15.9. The second kappa shape index (κ2) is 32.1. The molecule has 6 rings (SSSR count). The van der Waals surface area contributed by atoms with Crippen LogP contribution in [-0.4, -0.2) is 164 Å². The number of benzene rings is 4. The van der Waals surface area contributed by atoms with Gasteiger partial charge in [-0.1, -0.05) is 78.9 Å². The number of imide groups is 1. The largest absolute Gasteiger partial charge is 0.481 e. The van der Waals surface area contributed by atoms with Crippen molar-refractivity contribution >= 4 is 115 Å². The van der Waals surface area contributed by atoms with Crippen LogP contribution in [0, 0.1) is 0 Å². The molecule has 8 amide bonds.